The van der Waals surface area contributed by atoms with Crippen LogP contribution in [0.5, 0.6) is 5.75 Å². The lowest BCUT2D eigenvalue weighted by Crippen LogP contribution is -2.49. The first kappa shape index (κ1) is 23.1. The number of benzene rings is 1. The fraction of sp³-hybridized carbons (Fsp3) is 0.435. The Morgan fingerprint density at radius 1 is 1.33 bits per heavy atom. The second kappa shape index (κ2) is 10.1. The number of ether oxygens (including phenoxy) is 2. The average molecular weight is 497 g/mol. The third-order valence-electron chi connectivity index (χ3n) is 5.52. The molecule has 1 saturated heterocycles. The number of nitrogens with zero attached hydrogens (tertiary/aromatic N) is 1. The predicted octanol–water partition coefficient (Wildman–Crippen LogP) is 4.73. The number of likely N-dealkylation sites (tertiary alicyclic amines) is 1. The van der Waals surface area contributed by atoms with Crippen molar-refractivity contribution >= 4 is 33.5 Å². The van der Waals surface area contributed by atoms with Crippen LogP contribution in [0.15, 0.2) is 57.1 Å². The summed E-state index contributed by atoms with van der Waals surface area (Å²) < 4.78 is 11.9. The van der Waals surface area contributed by atoms with E-state index >= 15 is 0 Å². The van der Waals surface area contributed by atoms with E-state index < -0.39 is 11.6 Å². The molecule has 7 heteroatoms. The van der Waals surface area contributed by atoms with Crippen molar-refractivity contribution < 1.29 is 19.4 Å². The third kappa shape index (κ3) is 5.76. The van der Waals surface area contributed by atoms with Crippen LogP contribution in [-0.2, 0) is 16.1 Å². The van der Waals surface area contributed by atoms with E-state index in [2.05, 4.69) is 33.0 Å². The Kier molecular flexibility index (Phi) is 7.80. The van der Waals surface area contributed by atoms with Gasteiger partial charge in [0.05, 0.1) is 7.11 Å². The number of esters is 1. The number of hydrogen-bond donors (Lipinski definition) is 1. The fourth-order valence-corrected chi connectivity index (χ4v) is 4.23. The SMILES string of the molecule is COC(=O)C1(O)CCN(Cc2cc(Br)ccc2OCC2=CC(C)=C(Cl)C=CC2)CC1. The molecule has 1 aromatic rings. The number of carbonyl (C=O) groups excluding carboxylic acids is 1. The van der Waals surface area contributed by atoms with Crippen molar-refractivity contribution in [1.29, 1.82) is 0 Å². The van der Waals surface area contributed by atoms with Gasteiger partial charge in [-0.25, -0.2) is 4.79 Å². The molecule has 0 amide bonds. The Labute approximate surface area is 191 Å². The van der Waals surface area contributed by atoms with Gasteiger partial charge in [0.2, 0.25) is 0 Å². The van der Waals surface area contributed by atoms with E-state index in [1.807, 2.05) is 31.2 Å². The van der Waals surface area contributed by atoms with Crippen molar-refractivity contribution in [2.75, 3.05) is 26.8 Å². The molecule has 1 aliphatic heterocycles. The van der Waals surface area contributed by atoms with Gasteiger partial charge in [-0.2, -0.15) is 0 Å². The molecule has 0 saturated carbocycles. The van der Waals surface area contributed by atoms with Crippen LogP contribution >= 0.6 is 27.5 Å². The summed E-state index contributed by atoms with van der Waals surface area (Å²) in [6.45, 7) is 4.37. The van der Waals surface area contributed by atoms with Crippen molar-refractivity contribution in [2.24, 2.45) is 0 Å². The van der Waals surface area contributed by atoms with Gasteiger partial charge >= 0.3 is 5.97 Å². The van der Waals surface area contributed by atoms with Crippen molar-refractivity contribution in [3.8, 4) is 5.75 Å². The molecule has 30 heavy (non-hydrogen) atoms. The standard InChI is InChI=1S/C23H27BrClNO4/c1-16-12-17(4-3-5-20(16)25)15-30-21-7-6-19(24)13-18(21)14-26-10-8-23(28,9-11-26)22(27)29-2/h3,5-7,12-13,28H,4,8-11,14-15H2,1-2H3. The summed E-state index contributed by atoms with van der Waals surface area (Å²) in [5, 5.41) is 11.2. The normalized spacial score (nSPS) is 19.3. The zero-order valence-corrected chi connectivity index (χ0v) is 19.6. The zero-order chi connectivity index (χ0) is 21.7. The van der Waals surface area contributed by atoms with Gasteiger partial charge < -0.3 is 14.6 Å². The van der Waals surface area contributed by atoms with Crippen molar-refractivity contribution in [1.82, 2.24) is 4.90 Å². The van der Waals surface area contributed by atoms with Gasteiger partial charge in [0.25, 0.3) is 0 Å². The van der Waals surface area contributed by atoms with E-state index in [-0.39, 0.29) is 0 Å². The quantitative estimate of drug-likeness (QED) is 0.577. The van der Waals surface area contributed by atoms with Crippen LogP contribution in [0.4, 0.5) is 0 Å². The van der Waals surface area contributed by atoms with Crippen LogP contribution in [0.1, 0.15) is 31.7 Å². The molecule has 3 rings (SSSR count). The molecule has 1 fully saturated rings. The highest BCUT2D eigenvalue weighted by atomic mass is 79.9. The molecule has 0 radical (unpaired) electrons. The number of aliphatic hydroxyl groups is 1. The lowest BCUT2D eigenvalue weighted by Gasteiger charge is -2.36. The Balaban J connectivity index is 1.66. The summed E-state index contributed by atoms with van der Waals surface area (Å²) in [6, 6.07) is 5.99. The maximum atomic E-state index is 11.8. The summed E-state index contributed by atoms with van der Waals surface area (Å²) in [6.07, 6.45) is 7.58. The van der Waals surface area contributed by atoms with Gasteiger partial charge in [-0.3, -0.25) is 4.90 Å². The topological polar surface area (TPSA) is 59.0 Å². The number of rotatable bonds is 6. The minimum Gasteiger partial charge on any atom is -0.489 e. The van der Waals surface area contributed by atoms with Crippen LogP contribution in [-0.4, -0.2) is 48.4 Å². The van der Waals surface area contributed by atoms with E-state index in [9.17, 15) is 9.90 Å². The van der Waals surface area contributed by atoms with E-state index in [1.165, 1.54) is 7.11 Å². The first-order chi connectivity index (χ1) is 14.3. The highest BCUT2D eigenvalue weighted by Crippen LogP contribution is 2.29. The molecule has 1 aliphatic carbocycles. The zero-order valence-electron chi connectivity index (χ0n) is 17.3. The second-order valence-corrected chi connectivity index (χ2v) is 9.10. The Morgan fingerprint density at radius 3 is 2.77 bits per heavy atom. The number of halogens is 2. The number of methoxy groups -OCH3 is 1. The van der Waals surface area contributed by atoms with Gasteiger partial charge in [0.15, 0.2) is 5.60 Å². The summed E-state index contributed by atoms with van der Waals surface area (Å²) in [7, 11) is 1.31. The molecule has 0 atom stereocenters. The molecule has 1 aromatic carbocycles. The molecule has 0 spiro atoms. The molecule has 2 aliphatic rings. The van der Waals surface area contributed by atoms with Gasteiger partial charge in [-0.05, 0) is 61.6 Å². The van der Waals surface area contributed by atoms with Crippen LogP contribution in [0, 0.1) is 0 Å². The van der Waals surface area contributed by atoms with Crippen molar-refractivity contribution in [3.05, 3.63) is 62.6 Å². The maximum absolute atomic E-state index is 11.8. The van der Waals surface area contributed by atoms with Gasteiger partial charge in [0, 0.05) is 34.7 Å². The van der Waals surface area contributed by atoms with Gasteiger partial charge in [-0.15, -0.1) is 0 Å². The highest BCUT2D eigenvalue weighted by Gasteiger charge is 2.40. The lowest BCUT2D eigenvalue weighted by molar-refractivity contribution is -0.167. The summed E-state index contributed by atoms with van der Waals surface area (Å²) in [4.78, 5) is 14.0. The number of hydrogen-bond acceptors (Lipinski definition) is 5. The summed E-state index contributed by atoms with van der Waals surface area (Å²) in [5.74, 6) is 0.276. The Bertz CT molecular complexity index is 885. The first-order valence-electron chi connectivity index (χ1n) is 9.97. The van der Waals surface area contributed by atoms with E-state index in [1.54, 1.807) is 0 Å². The van der Waals surface area contributed by atoms with Crippen LogP contribution in [0.3, 0.4) is 0 Å². The Morgan fingerprint density at radius 2 is 2.07 bits per heavy atom. The monoisotopic (exact) mass is 495 g/mol. The molecule has 1 heterocycles. The Hall–Kier alpha value is -1.60. The van der Waals surface area contributed by atoms with E-state index in [0.717, 1.165) is 38.4 Å². The molecule has 0 aromatic heterocycles. The molecular formula is C23H27BrClNO4. The first-order valence-corrected chi connectivity index (χ1v) is 11.1. The van der Waals surface area contributed by atoms with Crippen molar-refractivity contribution in [2.45, 2.75) is 38.3 Å². The number of allylic oxidation sites excluding steroid dienone is 5. The van der Waals surface area contributed by atoms with E-state index in [4.69, 9.17) is 21.1 Å². The van der Waals surface area contributed by atoms with Crippen LogP contribution in [0.25, 0.3) is 0 Å². The molecular weight excluding hydrogens is 470 g/mol. The average Bonchev–Trinajstić information content (AvgIpc) is 2.89. The third-order valence-corrected chi connectivity index (χ3v) is 6.44. The smallest absolute Gasteiger partial charge is 0.337 e. The van der Waals surface area contributed by atoms with Crippen molar-refractivity contribution in [3.63, 3.8) is 0 Å². The van der Waals surface area contributed by atoms with Crippen LogP contribution in [0.2, 0.25) is 0 Å². The summed E-state index contributed by atoms with van der Waals surface area (Å²) in [5.41, 5.74) is 1.87. The van der Waals surface area contributed by atoms with Gasteiger partial charge in [-0.1, -0.05) is 39.7 Å². The lowest BCUT2D eigenvalue weighted by atomic mass is 9.91. The second-order valence-electron chi connectivity index (χ2n) is 7.78. The number of piperidine rings is 1. The predicted molar refractivity (Wildman–Crippen MR) is 122 cm³/mol. The molecule has 0 unspecified atom stereocenters. The molecule has 5 nitrogen and oxygen atoms in total. The molecule has 1 N–H and O–H groups in total. The fourth-order valence-electron chi connectivity index (χ4n) is 3.68. The molecule has 162 valence electrons. The van der Waals surface area contributed by atoms with E-state index in [0.29, 0.717) is 39.1 Å². The van der Waals surface area contributed by atoms with Crippen LogP contribution < -0.4 is 4.74 Å². The van der Waals surface area contributed by atoms with Gasteiger partial charge in [0.1, 0.15) is 12.4 Å². The summed E-state index contributed by atoms with van der Waals surface area (Å²) >= 11 is 9.75. The minimum atomic E-state index is -1.38. The molecule has 0 bridgehead atoms. The highest BCUT2D eigenvalue weighted by molar-refractivity contribution is 9.10. The maximum Gasteiger partial charge on any atom is 0.337 e. The largest absolute Gasteiger partial charge is 0.489 e. The minimum absolute atomic E-state index is 0.357. The number of carbonyl (C=O) groups is 1.